The molecular weight excluding hydrogens is 236 g/mol. The summed E-state index contributed by atoms with van der Waals surface area (Å²) in [6.07, 6.45) is 1.82. The number of hydrogen-bond acceptors (Lipinski definition) is 3. The van der Waals surface area contributed by atoms with Crippen molar-refractivity contribution in [2.45, 2.75) is 26.4 Å². The van der Waals surface area contributed by atoms with Crippen LogP contribution in [-0.4, -0.2) is 11.6 Å². The van der Waals surface area contributed by atoms with Gasteiger partial charge < -0.3 is 10.1 Å². The molecule has 0 aliphatic rings. The number of nitrogens with one attached hydrogen (secondary N) is 1. The minimum atomic E-state index is 0.218. The van der Waals surface area contributed by atoms with E-state index in [1.807, 2.05) is 49.5 Å². The van der Waals surface area contributed by atoms with Gasteiger partial charge in [0, 0.05) is 24.3 Å². The Bertz CT molecular complexity index is 499. The lowest BCUT2D eigenvalue weighted by Gasteiger charge is -2.15. The summed E-state index contributed by atoms with van der Waals surface area (Å²) in [5.74, 6) is 0.950. The first kappa shape index (κ1) is 13.6. The molecule has 0 saturated heterocycles. The Hall–Kier alpha value is -1.87. The van der Waals surface area contributed by atoms with Gasteiger partial charge in [-0.15, -0.1) is 0 Å². The van der Waals surface area contributed by atoms with Crippen LogP contribution in [0, 0.1) is 0 Å². The zero-order chi connectivity index (χ0) is 13.5. The predicted molar refractivity (Wildman–Crippen MR) is 77.1 cm³/mol. The summed E-state index contributed by atoms with van der Waals surface area (Å²) in [6.45, 7) is 5.58. The Kier molecular flexibility index (Phi) is 4.93. The van der Waals surface area contributed by atoms with Gasteiger partial charge in [-0.3, -0.25) is 4.98 Å². The van der Waals surface area contributed by atoms with Crippen LogP contribution in [0.25, 0.3) is 0 Å². The van der Waals surface area contributed by atoms with E-state index in [4.69, 9.17) is 4.74 Å². The van der Waals surface area contributed by atoms with Gasteiger partial charge in [-0.25, -0.2) is 0 Å². The third kappa shape index (κ3) is 3.80. The molecule has 0 saturated carbocycles. The Morgan fingerprint density at radius 2 is 1.95 bits per heavy atom. The van der Waals surface area contributed by atoms with Gasteiger partial charge in [0.2, 0.25) is 0 Å². The summed E-state index contributed by atoms with van der Waals surface area (Å²) in [5.41, 5.74) is 2.23. The standard InChI is InChI=1S/C16H20N2O/c1-3-19-16-10-5-4-8-14(16)12-18-13(2)15-9-6-7-11-17-15/h4-11,13,18H,3,12H2,1-2H3/t13-/m1/s1. The smallest absolute Gasteiger partial charge is 0.123 e. The van der Waals surface area contributed by atoms with E-state index in [-0.39, 0.29) is 6.04 Å². The fraction of sp³-hybridized carbons (Fsp3) is 0.312. The SMILES string of the molecule is CCOc1ccccc1CN[C@H](C)c1ccccn1. The Morgan fingerprint density at radius 3 is 2.68 bits per heavy atom. The molecule has 1 heterocycles. The number of rotatable bonds is 6. The van der Waals surface area contributed by atoms with Crippen molar-refractivity contribution in [3.8, 4) is 5.75 Å². The number of hydrogen-bond donors (Lipinski definition) is 1. The largest absolute Gasteiger partial charge is 0.494 e. The van der Waals surface area contributed by atoms with E-state index in [0.717, 1.165) is 18.0 Å². The average Bonchev–Trinajstić information content (AvgIpc) is 2.47. The second kappa shape index (κ2) is 6.90. The van der Waals surface area contributed by atoms with Crippen molar-refractivity contribution < 1.29 is 4.74 Å². The molecule has 1 N–H and O–H groups in total. The van der Waals surface area contributed by atoms with Crippen LogP contribution in [-0.2, 0) is 6.54 Å². The molecule has 1 aromatic heterocycles. The van der Waals surface area contributed by atoms with Gasteiger partial charge in [0.05, 0.1) is 12.3 Å². The summed E-state index contributed by atoms with van der Waals surface area (Å²) in [7, 11) is 0. The van der Waals surface area contributed by atoms with Gasteiger partial charge in [0.15, 0.2) is 0 Å². The molecule has 2 aromatic rings. The van der Waals surface area contributed by atoms with Gasteiger partial charge in [0.25, 0.3) is 0 Å². The molecule has 0 aliphatic heterocycles. The summed E-state index contributed by atoms with van der Waals surface area (Å²) >= 11 is 0. The maximum Gasteiger partial charge on any atom is 0.123 e. The van der Waals surface area contributed by atoms with Crippen molar-refractivity contribution in [2.75, 3.05) is 6.61 Å². The zero-order valence-corrected chi connectivity index (χ0v) is 11.5. The first-order chi connectivity index (χ1) is 9.31. The highest BCUT2D eigenvalue weighted by atomic mass is 16.5. The summed E-state index contributed by atoms with van der Waals surface area (Å²) in [6, 6.07) is 14.3. The van der Waals surface area contributed by atoms with Gasteiger partial charge in [-0.05, 0) is 32.0 Å². The summed E-state index contributed by atoms with van der Waals surface area (Å²) < 4.78 is 5.62. The summed E-state index contributed by atoms with van der Waals surface area (Å²) in [4.78, 5) is 4.36. The molecule has 3 nitrogen and oxygen atoms in total. The van der Waals surface area contributed by atoms with E-state index in [1.54, 1.807) is 0 Å². The number of benzene rings is 1. The number of aromatic nitrogens is 1. The number of para-hydroxylation sites is 1. The van der Waals surface area contributed by atoms with E-state index in [1.165, 1.54) is 5.56 Å². The van der Waals surface area contributed by atoms with Crippen LogP contribution in [0.5, 0.6) is 5.75 Å². The molecule has 0 amide bonds. The second-order valence-electron chi connectivity index (χ2n) is 4.40. The van der Waals surface area contributed by atoms with Gasteiger partial charge in [-0.1, -0.05) is 24.3 Å². The van der Waals surface area contributed by atoms with E-state index in [2.05, 4.69) is 23.3 Å². The first-order valence-corrected chi connectivity index (χ1v) is 6.66. The number of ether oxygens (including phenoxy) is 1. The van der Waals surface area contributed by atoms with Gasteiger partial charge in [0.1, 0.15) is 5.75 Å². The molecule has 100 valence electrons. The van der Waals surface area contributed by atoms with E-state index in [0.29, 0.717) is 6.61 Å². The van der Waals surface area contributed by atoms with Crippen LogP contribution in [0.2, 0.25) is 0 Å². The van der Waals surface area contributed by atoms with E-state index < -0.39 is 0 Å². The van der Waals surface area contributed by atoms with Crippen molar-refractivity contribution in [3.63, 3.8) is 0 Å². The highest BCUT2D eigenvalue weighted by Gasteiger charge is 2.07. The highest BCUT2D eigenvalue weighted by molar-refractivity contribution is 5.33. The monoisotopic (exact) mass is 256 g/mol. The van der Waals surface area contributed by atoms with Crippen molar-refractivity contribution in [1.82, 2.24) is 10.3 Å². The fourth-order valence-electron chi connectivity index (χ4n) is 1.95. The van der Waals surface area contributed by atoms with Crippen LogP contribution in [0.1, 0.15) is 31.1 Å². The van der Waals surface area contributed by atoms with Crippen molar-refractivity contribution in [3.05, 3.63) is 59.9 Å². The molecule has 0 aliphatic carbocycles. The molecule has 0 radical (unpaired) electrons. The Balaban J connectivity index is 1.99. The minimum Gasteiger partial charge on any atom is -0.494 e. The molecule has 2 rings (SSSR count). The second-order valence-corrected chi connectivity index (χ2v) is 4.40. The molecule has 1 aromatic carbocycles. The highest BCUT2D eigenvalue weighted by Crippen LogP contribution is 2.19. The fourth-order valence-corrected chi connectivity index (χ4v) is 1.95. The van der Waals surface area contributed by atoms with Crippen LogP contribution in [0.4, 0.5) is 0 Å². The minimum absolute atomic E-state index is 0.218. The predicted octanol–water partition coefficient (Wildman–Crippen LogP) is 3.33. The van der Waals surface area contributed by atoms with Crippen LogP contribution in [0.15, 0.2) is 48.7 Å². The molecule has 3 heteroatoms. The maximum absolute atomic E-state index is 5.62. The molecule has 0 bridgehead atoms. The van der Waals surface area contributed by atoms with E-state index >= 15 is 0 Å². The third-order valence-electron chi connectivity index (χ3n) is 3.00. The lowest BCUT2D eigenvalue weighted by Crippen LogP contribution is -2.19. The number of pyridine rings is 1. The van der Waals surface area contributed by atoms with E-state index in [9.17, 15) is 0 Å². The Labute approximate surface area is 114 Å². The van der Waals surface area contributed by atoms with Crippen LogP contribution >= 0.6 is 0 Å². The van der Waals surface area contributed by atoms with Crippen molar-refractivity contribution >= 4 is 0 Å². The van der Waals surface area contributed by atoms with Crippen molar-refractivity contribution in [2.24, 2.45) is 0 Å². The normalized spacial score (nSPS) is 12.1. The lowest BCUT2D eigenvalue weighted by atomic mass is 10.1. The van der Waals surface area contributed by atoms with Gasteiger partial charge >= 0.3 is 0 Å². The van der Waals surface area contributed by atoms with Crippen molar-refractivity contribution in [1.29, 1.82) is 0 Å². The number of nitrogens with zero attached hydrogens (tertiary/aromatic N) is 1. The van der Waals surface area contributed by atoms with Gasteiger partial charge in [-0.2, -0.15) is 0 Å². The topological polar surface area (TPSA) is 34.1 Å². The maximum atomic E-state index is 5.62. The Morgan fingerprint density at radius 1 is 1.16 bits per heavy atom. The van der Waals surface area contributed by atoms with Crippen LogP contribution < -0.4 is 10.1 Å². The third-order valence-corrected chi connectivity index (χ3v) is 3.00. The molecule has 1 atom stereocenters. The quantitative estimate of drug-likeness (QED) is 0.860. The molecule has 0 fully saturated rings. The molecule has 0 unspecified atom stereocenters. The molecular formula is C16H20N2O. The summed E-state index contributed by atoms with van der Waals surface area (Å²) in [5, 5.41) is 3.47. The molecule has 19 heavy (non-hydrogen) atoms. The lowest BCUT2D eigenvalue weighted by molar-refractivity contribution is 0.335. The zero-order valence-electron chi connectivity index (χ0n) is 11.5. The molecule has 0 spiro atoms. The first-order valence-electron chi connectivity index (χ1n) is 6.66. The van der Waals surface area contributed by atoms with Crippen LogP contribution in [0.3, 0.4) is 0 Å². The average molecular weight is 256 g/mol.